The van der Waals surface area contributed by atoms with E-state index in [4.69, 9.17) is 4.74 Å². The quantitative estimate of drug-likeness (QED) is 0.187. The fourth-order valence-electron chi connectivity index (χ4n) is 4.85. The molecule has 194 valence electrons. The fraction of sp³-hybridized carbons (Fsp3) is 0.469. The number of hydrogen-bond acceptors (Lipinski definition) is 2. The Labute approximate surface area is 225 Å². The molecule has 3 atom stereocenters. The van der Waals surface area contributed by atoms with E-state index in [1.54, 1.807) is 6.08 Å². The van der Waals surface area contributed by atoms with E-state index in [-0.39, 0.29) is 10.2 Å². The third-order valence-corrected chi connectivity index (χ3v) is 8.48. The highest BCUT2D eigenvalue weighted by Crippen LogP contribution is 2.46. The molecule has 0 saturated heterocycles. The summed E-state index contributed by atoms with van der Waals surface area (Å²) in [4.78, 5) is 11.6. The van der Waals surface area contributed by atoms with E-state index in [2.05, 4.69) is 91.3 Å². The fourth-order valence-corrected chi connectivity index (χ4v) is 5.77. The van der Waals surface area contributed by atoms with E-state index < -0.39 is 5.97 Å². The molecule has 0 aromatic heterocycles. The Kier molecular flexibility index (Phi) is 10.9. The molecule has 0 spiro atoms. The second-order valence-corrected chi connectivity index (χ2v) is 11.1. The van der Waals surface area contributed by atoms with Crippen LogP contribution in [0.25, 0.3) is 11.1 Å². The van der Waals surface area contributed by atoms with E-state index in [0.29, 0.717) is 11.5 Å². The minimum atomic E-state index is -0.884. The number of carbonyl (C=O) groups is 1. The summed E-state index contributed by atoms with van der Waals surface area (Å²) in [6, 6.07) is 16.9. The first-order valence-electron chi connectivity index (χ1n) is 13.5. The van der Waals surface area contributed by atoms with Crippen molar-refractivity contribution in [3.63, 3.8) is 0 Å². The van der Waals surface area contributed by atoms with E-state index in [9.17, 15) is 9.90 Å². The Bertz CT molecular complexity index is 1040. The van der Waals surface area contributed by atoms with Crippen LogP contribution in [0.2, 0.25) is 0 Å². The molecule has 0 saturated carbocycles. The number of ether oxygens (including phenoxy) is 1. The van der Waals surface area contributed by atoms with Crippen LogP contribution in [0.15, 0.2) is 72.3 Å². The normalized spacial score (nSPS) is 20.1. The minimum absolute atomic E-state index is 0.101. The van der Waals surface area contributed by atoms with Gasteiger partial charge >= 0.3 is 5.97 Å². The van der Waals surface area contributed by atoms with Crippen molar-refractivity contribution >= 4 is 21.9 Å². The standard InChI is InChI=1S/C32H41BrO3/c1-4-6-7-8-9-12-20-32(21-19-26(31(34)35)22-30(32)33)29-14-11-10-13-28(29)25-15-17-27(18-16-25)36-23-24(3)5-2/h10-11,13-19,21-22,24,30H,4-9,12,20,23H2,1-3H3,(H,34,35). The number of allylic oxidation sites excluding steroid dienone is 2. The lowest BCUT2D eigenvalue weighted by Crippen LogP contribution is -2.36. The summed E-state index contributed by atoms with van der Waals surface area (Å²) in [6.07, 6.45) is 15.2. The van der Waals surface area contributed by atoms with Gasteiger partial charge in [-0.3, -0.25) is 0 Å². The van der Waals surface area contributed by atoms with E-state index in [1.807, 2.05) is 6.08 Å². The molecule has 3 nitrogen and oxygen atoms in total. The van der Waals surface area contributed by atoms with Crippen LogP contribution in [0, 0.1) is 5.92 Å². The van der Waals surface area contributed by atoms with Gasteiger partial charge in [0.25, 0.3) is 0 Å². The summed E-state index contributed by atoms with van der Waals surface area (Å²) >= 11 is 3.90. The van der Waals surface area contributed by atoms with Gasteiger partial charge in [-0.1, -0.05) is 136 Å². The molecular weight excluding hydrogens is 512 g/mol. The van der Waals surface area contributed by atoms with Crippen molar-refractivity contribution in [2.75, 3.05) is 6.61 Å². The van der Waals surface area contributed by atoms with Crippen LogP contribution in [0.3, 0.4) is 0 Å². The van der Waals surface area contributed by atoms with Crippen molar-refractivity contribution in [3.05, 3.63) is 77.9 Å². The number of hydrogen-bond donors (Lipinski definition) is 1. The minimum Gasteiger partial charge on any atom is -0.493 e. The Morgan fingerprint density at radius 1 is 1.03 bits per heavy atom. The summed E-state index contributed by atoms with van der Waals surface area (Å²) < 4.78 is 5.98. The van der Waals surface area contributed by atoms with Gasteiger partial charge in [0.2, 0.25) is 0 Å². The van der Waals surface area contributed by atoms with Gasteiger partial charge in [-0.25, -0.2) is 4.79 Å². The number of halogens is 1. The van der Waals surface area contributed by atoms with Crippen molar-refractivity contribution in [1.29, 1.82) is 0 Å². The van der Waals surface area contributed by atoms with Gasteiger partial charge in [0.05, 0.1) is 12.2 Å². The molecule has 0 amide bonds. The van der Waals surface area contributed by atoms with Crippen molar-refractivity contribution in [2.45, 2.75) is 82.4 Å². The summed E-state index contributed by atoms with van der Waals surface area (Å²) in [5, 5.41) is 9.59. The Hall–Kier alpha value is -2.33. The van der Waals surface area contributed by atoms with Crippen LogP contribution in [0.1, 0.15) is 77.7 Å². The molecule has 0 aliphatic heterocycles. The van der Waals surface area contributed by atoms with Crippen LogP contribution >= 0.6 is 15.9 Å². The Morgan fingerprint density at radius 2 is 1.72 bits per heavy atom. The Morgan fingerprint density at radius 3 is 2.39 bits per heavy atom. The molecule has 4 heteroatoms. The third kappa shape index (κ3) is 7.12. The molecule has 2 aromatic carbocycles. The number of alkyl halides is 1. The SMILES string of the molecule is CCCCCCCCC1(c2ccccc2-c2ccc(OCC(C)CC)cc2)C=CC(C(=O)O)=CC1Br. The first kappa shape index (κ1) is 28.2. The zero-order valence-electron chi connectivity index (χ0n) is 22.0. The van der Waals surface area contributed by atoms with Gasteiger partial charge in [-0.05, 0) is 41.2 Å². The summed E-state index contributed by atoms with van der Waals surface area (Å²) in [5.74, 6) is 0.540. The Balaban J connectivity index is 1.91. The molecule has 0 radical (unpaired) electrons. The average molecular weight is 554 g/mol. The largest absolute Gasteiger partial charge is 0.493 e. The highest BCUT2D eigenvalue weighted by atomic mass is 79.9. The lowest BCUT2D eigenvalue weighted by Gasteiger charge is -2.39. The second-order valence-electron chi connectivity index (χ2n) is 10.1. The van der Waals surface area contributed by atoms with E-state index >= 15 is 0 Å². The number of benzene rings is 2. The maximum atomic E-state index is 11.7. The summed E-state index contributed by atoms with van der Waals surface area (Å²) in [7, 11) is 0. The van der Waals surface area contributed by atoms with Crippen LogP contribution in [-0.4, -0.2) is 22.5 Å². The van der Waals surface area contributed by atoms with Crippen molar-refractivity contribution in [3.8, 4) is 16.9 Å². The van der Waals surface area contributed by atoms with E-state index in [1.165, 1.54) is 43.2 Å². The molecule has 3 rings (SSSR count). The molecule has 0 bridgehead atoms. The zero-order chi connectivity index (χ0) is 26.0. The van der Waals surface area contributed by atoms with Crippen LogP contribution in [-0.2, 0) is 10.2 Å². The van der Waals surface area contributed by atoms with Crippen molar-refractivity contribution in [1.82, 2.24) is 0 Å². The highest BCUT2D eigenvalue weighted by Gasteiger charge is 2.39. The molecule has 1 aliphatic rings. The second kappa shape index (κ2) is 13.8. The van der Waals surface area contributed by atoms with Gasteiger partial charge in [-0.15, -0.1) is 0 Å². The van der Waals surface area contributed by atoms with Gasteiger partial charge in [0.1, 0.15) is 5.75 Å². The molecule has 36 heavy (non-hydrogen) atoms. The van der Waals surface area contributed by atoms with Crippen molar-refractivity contribution < 1.29 is 14.6 Å². The predicted octanol–water partition coefficient (Wildman–Crippen LogP) is 9.11. The molecular formula is C32H41BrO3. The average Bonchev–Trinajstić information content (AvgIpc) is 2.90. The maximum absolute atomic E-state index is 11.7. The summed E-state index contributed by atoms with van der Waals surface area (Å²) in [6.45, 7) is 7.35. The molecule has 0 heterocycles. The van der Waals surface area contributed by atoms with Gasteiger partial charge < -0.3 is 9.84 Å². The molecule has 2 aromatic rings. The third-order valence-electron chi connectivity index (χ3n) is 7.39. The first-order valence-corrected chi connectivity index (χ1v) is 14.4. The molecule has 3 unspecified atom stereocenters. The number of carboxylic acids is 1. The maximum Gasteiger partial charge on any atom is 0.335 e. The lowest BCUT2D eigenvalue weighted by atomic mass is 9.68. The highest BCUT2D eigenvalue weighted by molar-refractivity contribution is 9.09. The monoisotopic (exact) mass is 552 g/mol. The topological polar surface area (TPSA) is 46.5 Å². The molecule has 1 N–H and O–H groups in total. The van der Waals surface area contributed by atoms with Crippen LogP contribution in [0.4, 0.5) is 0 Å². The number of unbranched alkanes of at least 4 members (excludes halogenated alkanes) is 5. The van der Waals surface area contributed by atoms with Crippen LogP contribution < -0.4 is 4.74 Å². The van der Waals surface area contributed by atoms with Crippen LogP contribution in [0.5, 0.6) is 5.75 Å². The number of rotatable bonds is 14. The number of carboxylic acid groups (broad SMARTS) is 1. The van der Waals surface area contributed by atoms with Gasteiger partial charge in [0.15, 0.2) is 0 Å². The molecule has 0 fully saturated rings. The smallest absolute Gasteiger partial charge is 0.335 e. The van der Waals surface area contributed by atoms with Gasteiger partial charge in [-0.2, -0.15) is 0 Å². The van der Waals surface area contributed by atoms with Gasteiger partial charge in [0, 0.05) is 10.2 Å². The summed E-state index contributed by atoms with van der Waals surface area (Å²) in [5.41, 5.74) is 3.58. The first-order chi connectivity index (χ1) is 17.4. The lowest BCUT2D eigenvalue weighted by molar-refractivity contribution is -0.132. The number of aliphatic carboxylic acids is 1. The molecule has 1 aliphatic carbocycles. The zero-order valence-corrected chi connectivity index (χ0v) is 23.6. The predicted molar refractivity (Wildman–Crippen MR) is 154 cm³/mol. The van der Waals surface area contributed by atoms with E-state index in [0.717, 1.165) is 37.2 Å². The van der Waals surface area contributed by atoms with Crippen molar-refractivity contribution in [2.24, 2.45) is 5.92 Å².